The molecule has 0 spiro atoms. The van der Waals surface area contributed by atoms with Crippen molar-refractivity contribution < 1.29 is 0 Å². The normalized spacial score (nSPS) is 20.3. The van der Waals surface area contributed by atoms with E-state index in [1.54, 1.807) is 0 Å². The Balaban J connectivity index is 1.92. The summed E-state index contributed by atoms with van der Waals surface area (Å²) in [5, 5.41) is 0. The molecule has 3 rings (SSSR count). The first-order chi connectivity index (χ1) is 10.4. The Morgan fingerprint density at radius 2 is 1.86 bits per heavy atom. The molecule has 110 valence electrons. The fourth-order valence-electron chi connectivity index (χ4n) is 2.97. The number of rotatable bonds is 3. The second-order valence-corrected chi connectivity index (χ2v) is 5.62. The molecule has 0 radical (unpaired) electrons. The van der Waals surface area contributed by atoms with Crippen molar-refractivity contribution in [3.05, 3.63) is 47.8 Å². The largest absolute Gasteiger partial charge is 0.271 e. The first kappa shape index (κ1) is 14.2. The maximum atomic E-state index is 5.81. The van der Waals surface area contributed by atoms with Crippen LogP contribution in [-0.2, 0) is 0 Å². The van der Waals surface area contributed by atoms with E-state index in [-0.39, 0.29) is 6.04 Å². The molecule has 1 heterocycles. The number of benzene rings is 1. The Kier molecular flexibility index (Phi) is 4.58. The summed E-state index contributed by atoms with van der Waals surface area (Å²) in [4.78, 5) is 9.23. The summed E-state index contributed by atoms with van der Waals surface area (Å²) in [5.41, 5.74) is 7.02. The van der Waals surface area contributed by atoms with Gasteiger partial charge in [0.05, 0.1) is 29.0 Å². The Morgan fingerprint density at radius 1 is 1.05 bits per heavy atom. The summed E-state index contributed by atoms with van der Waals surface area (Å²) < 4.78 is 0. The van der Waals surface area contributed by atoms with E-state index in [9.17, 15) is 0 Å². The lowest BCUT2D eigenvalue weighted by Crippen LogP contribution is -2.30. The quantitative estimate of drug-likeness (QED) is 0.514. The van der Waals surface area contributed by atoms with Crippen LogP contribution >= 0.6 is 0 Å². The summed E-state index contributed by atoms with van der Waals surface area (Å²) in [6, 6.07) is 7.91. The summed E-state index contributed by atoms with van der Waals surface area (Å²) in [6.45, 7) is 0. The lowest BCUT2D eigenvalue weighted by Gasteiger charge is -2.21. The first-order valence-electron chi connectivity index (χ1n) is 7.75. The van der Waals surface area contributed by atoms with Crippen LogP contribution in [0.2, 0.25) is 0 Å². The lowest BCUT2D eigenvalue weighted by atomic mass is 9.93. The summed E-state index contributed by atoms with van der Waals surface area (Å²) in [7, 11) is 0. The predicted octanol–water partition coefficient (Wildman–Crippen LogP) is 3.41. The van der Waals surface area contributed by atoms with Crippen LogP contribution in [0.3, 0.4) is 0 Å². The summed E-state index contributed by atoms with van der Waals surface area (Å²) >= 11 is 0. The molecule has 1 atom stereocenters. The van der Waals surface area contributed by atoms with Crippen LogP contribution in [0.1, 0.15) is 50.3 Å². The zero-order valence-electron chi connectivity index (χ0n) is 12.3. The maximum absolute atomic E-state index is 5.81. The summed E-state index contributed by atoms with van der Waals surface area (Å²) in [6.07, 6.45) is 11.5. The molecule has 1 aromatic heterocycles. The van der Waals surface area contributed by atoms with Gasteiger partial charge in [-0.05, 0) is 43.4 Å². The van der Waals surface area contributed by atoms with Crippen molar-refractivity contribution in [2.75, 3.05) is 0 Å². The zero-order valence-corrected chi connectivity index (χ0v) is 12.3. The van der Waals surface area contributed by atoms with E-state index in [1.165, 1.54) is 31.3 Å². The van der Waals surface area contributed by atoms with Gasteiger partial charge in [0.2, 0.25) is 0 Å². The Morgan fingerprint density at radius 3 is 2.71 bits per heavy atom. The highest BCUT2D eigenvalue weighted by atomic mass is 15.2. The molecule has 1 aliphatic carbocycles. The molecule has 1 aromatic carbocycles. The average molecular weight is 282 g/mol. The minimum absolute atomic E-state index is 0.0276. The second kappa shape index (κ2) is 6.78. The van der Waals surface area contributed by atoms with E-state index in [1.807, 2.05) is 30.5 Å². The van der Waals surface area contributed by atoms with Gasteiger partial charge >= 0.3 is 0 Å². The molecular weight excluding hydrogens is 260 g/mol. The fraction of sp³-hybridized carbons (Fsp3) is 0.412. The average Bonchev–Trinajstić information content (AvgIpc) is 2.49. The van der Waals surface area contributed by atoms with Crippen molar-refractivity contribution in [3.63, 3.8) is 0 Å². The number of fused-ring (bicyclic) bond motifs is 1. The molecule has 0 fully saturated rings. The van der Waals surface area contributed by atoms with Crippen molar-refractivity contribution in [3.8, 4) is 0 Å². The molecule has 4 nitrogen and oxygen atoms in total. The van der Waals surface area contributed by atoms with E-state index >= 15 is 0 Å². The molecule has 0 saturated heterocycles. The predicted molar refractivity (Wildman–Crippen MR) is 85.4 cm³/mol. The van der Waals surface area contributed by atoms with Gasteiger partial charge in [-0.25, -0.2) is 10.4 Å². The van der Waals surface area contributed by atoms with Crippen molar-refractivity contribution in [2.45, 2.75) is 44.6 Å². The summed E-state index contributed by atoms with van der Waals surface area (Å²) in [5.74, 6) is 5.81. The van der Waals surface area contributed by atoms with E-state index in [2.05, 4.69) is 16.5 Å². The van der Waals surface area contributed by atoms with Crippen LogP contribution in [0.15, 0.2) is 42.1 Å². The third-order valence-electron chi connectivity index (χ3n) is 4.13. The number of nitrogens with zero attached hydrogens (tertiary/aromatic N) is 2. The number of aromatic nitrogens is 2. The van der Waals surface area contributed by atoms with Gasteiger partial charge in [-0.1, -0.05) is 31.1 Å². The van der Waals surface area contributed by atoms with Crippen molar-refractivity contribution in [2.24, 2.45) is 5.84 Å². The number of nitrogens with one attached hydrogen (secondary N) is 1. The molecule has 2 aromatic rings. The molecule has 0 saturated carbocycles. The van der Waals surface area contributed by atoms with Gasteiger partial charge in [-0.3, -0.25) is 10.8 Å². The molecule has 4 heteroatoms. The molecule has 0 bridgehead atoms. The van der Waals surface area contributed by atoms with Crippen LogP contribution in [0.4, 0.5) is 0 Å². The van der Waals surface area contributed by atoms with Crippen LogP contribution in [0.5, 0.6) is 0 Å². The second-order valence-electron chi connectivity index (χ2n) is 5.62. The number of hydrazine groups is 1. The Labute approximate surface area is 125 Å². The van der Waals surface area contributed by atoms with Gasteiger partial charge < -0.3 is 0 Å². The molecule has 0 amide bonds. The standard InChI is InChI=1S/C17H22N4/c18-21-17(13-8-4-2-1-3-5-9-13)16-12-19-14-10-6-7-11-15(14)20-16/h6-8,10-12,17,21H,1-5,9,18H2/b13-8+. The van der Waals surface area contributed by atoms with Crippen molar-refractivity contribution in [1.82, 2.24) is 15.4 Å². The van der Waals surface area contributed by atoms with Crippen molar-refractivity contribution in [1.29, 1.82) is 0 Å². The maximum Gasteiger partial charge on any atom is 0.0891 e. The lowest BCUT2D eigenvalue weighted by molar-refractivity contribution is 0.547. The van der Waals surface area contributed by atoms with Crippen LogP contribution in [0.25, 0.3) is 11.0 Å². The van der Waals surface area contributed by atoms with Gasteiger partial charge in [0.1, 0.15) is 0 Å². The van der Waals surface area contributed by atoms with Gasteiger partial charge in [0, 0.05) is 0 Å². The van der Waals surface area contributed by atoms with Crippen LogP contribution in [0, 0.1) is 0 Å². The van der Waals surface area contributed by atoms with E-state index in [0.717, 1.165) is 29.6 Å². The monoisotopic (exact) mass is 282 g/mol. The van der Waals surface area contributed by atoms with E-state index < -0.39 is 0 Å². The molecule has 3 N–H and O–H groups in total. The zero-order chi connectivity index (χ0) is 14.5. The SMILES string of the molecule is NNC(/C1=C/CCCCCC1)c1cnc2ccccc2n1. The van der Waals surface area contributed by atoms with Crippen molar-refractivity contribution >= 4 is 11.0 Å². The van der Waals surface area contributed by atoms with E-state index in [0.29, 0.717) is 0 Å². The minimum atomic E-state index is -0.0276. The molecule has 21 heavy (non-hydrogen) atoms. The van der Waals surface area contributed by atoms with E-state index in [4.69, 9.17) is 10.8 Å². The van der Waals surface area contributed by atoms with Gasteiger partial charge in [-0.15, -0.1) is 0 Å². The first-order valence-corrected chi connectivity index (χ1v) is 7.75. The Hall–Kier alpha value is -1.78. The molecular formula is C17H22N4. The third kappa shape index (κ3) is 3.28. The third-order valence-corrected chi connectivity index (χ3v) is 4.13. The van der Waals surface area contributed by atoms with Gasteiger partial charge in [-0.2, -0.15) is 0 Å². The highest BCUT2D eigenvalue weighted by Gasteiger charge is 2.18. The van der Waals surface area contributed by atoms with Gasteiger partial charge in [0.25, 0.3) is 0 Å². The highest BCUT2D eigenvalue weighted by molar-refractivity contribution is 5.73. The van der Waals surface area contributed by atoms with Crippen LogP contribution < -0.4 is 11.3 Å². The number of hydrogen-bond donors (Lipinski definition) is 2. The fourth-order valence-corrected chi connectivity index (χ4v) is 2.97. The molecule has 0 aliphatic heterocycles. The number of hydrogen-bond acceptors (Lipinski definition) is 4. The smallest absolute Gasteiger partial charge is 0.0891 e. The Bertz CT molecular complexity index is 635. The molecule has 1 unspecified atom stereocenters. The number of para-hydroxylation sites is 2. The number of allylic oxidation sites excluding steroid dienone is 1. The van der Waals surface area contributed by atoms with Gasteiger partial charge in [0.15, 0.2) is 0 Å². The van der Waals surface area contributed by atoms with Crippen LogP contribution in [-0.4, -0.2) is 9.97 Å². The minimum Gasteiger partial charge on any atom is -0.271 e. The highest BCUT2D eigenvalue weighted by Crippen LogP contribution is 2.27. The molecule has 1 aliphatic rings. The number of nitrogens with two attached hydrogens (primary N) is 1. The topological polar surface area (TPSA) is 63.8 Å².